The first kappa shape index (κ1) is 15.2. The first-order valence-corrected chi connectivity index (χ1v) is 7.10. The van der Waals surface area contributed by atoms with E-state index in [2.05, 4.69) is 50.4 Å². The highest BCUT2D eigenvalue weighted by molar-refractivity contribution is 5.24. The van der Waals surface area contributed by atoms with Crippen molar-refractivity contribution in [3.8, 4) is 0 Å². The van der Waals surface area contributed by atoms with E-state index < -0.39 is 0 Å². The van der Waals surface area contributed by atoms with Gasteiger partial charge in [0.1, 0.15) is 0 Å². The van der Waals surface area contributed by atoms with Crippen LogP contribution in [0, 0.1) is 5.92 Å². The fourth-order valence-corrected chi connectivity index (χ4v) is 2.02. The highest BCUT2D eigenvalue weighted by atomic mass is 16.3. The molecule has 0 fully saturated rings. The largest absolute Gasteiger partial charge is 0.396 e. The summed E-state index contributed by atoms with van der Waals surface area (Å²) < 4.78 is 0. The summed E-state index contributed by atoms with van der Waals surface area (Å²) in [6.07, 6.45) is 3.31. The van der Waals surface area contributed by atoms with Gasteiger partial charge in [-0.1, -0.05) is 38.1 Å². The van der Waals surface area contributed by atoms with Gasteiger partial charge in [0.2, 0.25) is 0 Å². The Morgan fingerprint density at radius 3 is 2.39 bits per heavy atom. The SMILES string of the molecule is CCc1ccc(C(C)NCCCC(C)CO)cc1. The van der Waals surface area contributed by atoms with E-state index in [0.29, 0.717) is 18.6 Å². The van der Waals surface area contributed by atoms with Crippen molar-refractivity contribution >= 4 is 0 Å². The maximum Gasteiger partial charge on any atom is 0.0456 e. The minimum atomic E-state index is 0.300. The standard InChI is InChI=1S/C16H27NO/c1-4-15-7-9-16(10-8-15)14(3)17-11-5-6-13(2)12-18/h7-10,13-14,17-18H,4-6,11-12H2,1-3H3. The third kappa shape index (κ3) is 5.19. The lowest BCUT2D eigenvalue weighted by atomic mass is 10.0. The molecule has 0 saturated heterocycles. The average Bonchev–Trinajstić information content (AvgIpc) is 2.43. The lowest BCUT2D eigenvalue weighted by Gasteiger charge is -2.15. The molecule has 0 radical (unpaired) electrons. The molecule has 0 aliphatic heterocycles. The predicted octanol–water partition coefficient (Wildman–Crippen LogP) is 3.31. The molecule has 0 heterocycles. The number of aryl methyl sites for hydroxylation is 1. The number of aliphatic hydroxyl groups is 1. The summed E-state index contributed by atoms with van der Waals surface area (Å²) in [7, 11) is 0. The molecule has 0 aromatic heterocycles. The van der Waals surface area contributed by atoms with Crippen LogP contribution in [0.25, 0.3) is 0 Å². The summed E-state index contributed by atoms with van der Waals surface area (Å²) in [6, 6.07) is 9.25. The minimum absolute atomic E-state index is 0.300. The molecule has 1 rings (SSSR count). The molecule has 102 valence electrons. The van der Waals surface area contributed by atoms with Gasteiger partial charge in [0.25, 0.3) is 0 Å². The zero-order chi connectivity index (χ0) is 13.4. The van der Waals surface area contributed by atoms with Crippen LogP contribution in [0.5, 0.6) is 0 Å². The normalized spacial score (nSPS) is 14.4. The summed E-state index contributed by atoms with van der Waals surface area (Å²) in [4.78, 5) is 0. The van der Waals surface area contributed by atoms with Crippen LogP contribution in [0.1, 0.15) is 50.8 Å². The lowest BCUT2D eigenvalue weighted by Crippen LogP contribution is -2.20. The molecule has 1 aromatic carbocycles. The molecule has 2 N–H and O–H groups in total. The number of nitrogens with one attached hydrogen (secondary N) is 1. The van der Waals surface area contributed by atoms with E-state index in [9.17, 15) is 0 Å². The summed E-state index contributed by atoms with van der Waals surface area (Å²) in [5, 5.41) is 12.5. The monoisotopic (exact) mass is 249 g/mol. The average molecular weight is 249 g/mol. The maximum atomic E-state index is 8.95. The molecule has 0 amide bonds. The number of aliphatic hydroxyl groups excluding tert-OH is 1. The van der Waals surface area contributed by atoms with Crippen molar-refractivity contribution in [2.75, 3.05) is 13.2 Å². The molecule has 2 atom stereocenters. The van der Waals surface area contributed by atoms with Crippen LogP contribution in [0.2, 0.25) is 0 Å². The summed E-state index contributed by atoms with van der Waals surface area (Å²) in [5.41, 5.74) is 2.74. The Morgan fingerprint density at radius 2 is 1.83 bits per heavy atom. The molecular formula is C16H27NO. The Kier molecular flexibility index (Phi) is 6.99. The quantitative estimate of drug-likeness (QED) is 0.693. The molecule has 1 aromatic rings. The van der Waals surface area contributed by atoms with Crippen LogP contribution < -0.4 is 5.32 Å². The Morgan fingerprint density at radius 1 is 1.17 bits per heavy atom. The van der Waals surface area contributed by atoms with Crippen molar-refractivity contribution in [2.24, 2.45) is 5.92 Å². The molecule has 0 aliphatic rings. The van der Waals surface area contributed by atoms with Crippen LogP contribution in [-0.2, 0) is 6.42 Å². The summed E-state index contributed by atoms with van der Waals surface area (Å²) in [5.74, 6) is 0.422. The van der Waals surface area contributed by atoms with Gasteiger partial charge in [0.05, 0.1) is 0 Å². The van der Waals surface area contributed by atoms with Crippen LogP contribution in [-0.4, -0.2) is 18.3 Å². The zero-order valence-electron chi connectivity index (χ0n) is 11.9. The topological polar surface area (TPSA) is 32.3 Å². The van der Waals surface area contributed by atoms with Crippen LogP contribution in [0.3, 0.4) is 0 Å². The maximum absolute atomic E-state index is 8.95. The van der Waals surface area contributed by atoms with Crippen molar-refractivity contribution in [3.63, 3.8) is 0 Å². The molecular weight excluding hydrogens is 222 g/mol. The van der Waals surface area contributed by atoms with Crippen molar-refractivity contribution in [3.05, 3.63) is 35.4 Å². The fourth-order valence-electron chi connectivity index (χ4n) is 2.02. The van der Waals surface area contributed by atoms with E-state index in [-0.39, 0.29) is 0 Å². The van der Waals surface area contributed by atoms with Crippen LogP contribution in [0.15, 0.2) is 24.3 Å². The van der Waals surface area contributed by atoms with E-state index in [4.69, 9.17) is 5.11 Å². The second-order valence-corrected chi connectivity index (χ2v) is 5.20. The second-order valence-electron chi connectivity index (χ2n) is 5.20. The van der Waals surface area contributed by atoms with Gasteiger partial charge < -0.3 is 10.4 Å². The summed E-state index contributed by atoms with van der Waals surface area (Å²) in [6.45, 7) is 7.79. The van der Waals surface area contributed by atoms with E-state index in [1.807, 2.05) is 0 Å². The number of hydrogen-bond donors (Lipinski definition) is 2. The van der Waals surface area contributed by atoms with Gasteiger partial charge in [0, 0.05) is 12.6 Å². The predicted molar refractivity (Wildman–Crippen MR) is 77.7 cm³/mol. The highest BCUT2D eigenvalue weighted by Gasteiger charge is 2.05. The Balaban J connectivity index is 2.29. The first-order valence-electron chi connectivity index (χ1n) is 7.10. The van der Waals surface area contributed by atoms with Gasteiger partial charge in [-0.3, -0.25) is 0 Å². The van der Waals surface area contributed by atoms with Gasteiger partial charge in [-0.15, -0.1) is 0 Å². The van der Waals surface area contributed by atoms with Gasteiger partial charge >= 0.3 is 0 Å². The molecule has 0 aliphatic carbocycles. The number of benzene rings is 1. The third-order valence-corrected chi connectivity index (χ3v) is 3.52. The Bertz CT molecular complexity index is 320. The van der Waals surface area contributed by atoms with Crippen LogP contribution in [0.4, 0.5) is 0 Å². The van der Waals surface area contributed by atoms with E-state index in [1.165, 1.54) is 11.1 Å². The summed E-state index contributed by atoms with van der Waals surface area (Å²) >= 11 is 0. The van der Waals surface area contributed by atoms with Gasteiger partial charge in [-0.2, -0.15) is 0 Å². The molecule has 18 heavy (non-hydrogen) atoms. The van der Waals surface area contributed by atoms with Crippen molar-refractivity contribution in [1.82, 2.24) is 5.32 Å². The number of hydrogen-bond acceptors (Lipinski definition) is 2. The smallest absolute Gasteiger partial charge is 0.0456 e. The van der Waals surface area contributed by atoms with Gasteiger partial charge in [-0.25, -0.2) is 0 Å². The first-order chi connectivity index (χ1) is 8.67. The molecule has 0 bridgehead atoms. The van der Waals surface area contributed by atoms with Gasteiger partial charge in [0.15, 0.2) is 0 Å². The molecule has 2 heteroatoms. The molecule has 0 spiro atoms. The Labute approximate surface area is 111 Å². The second kappa shape index (κ2) is 8.28. The molecule has 0 saturated carbocycles. The van der Waals surface area contributed by atoms with E-state index in [1.54, 1.807) is 0 Å². The molecule has 2 unspecified atom stereocenters. The van der Waals surface area contributed by atoms with Crippen molar-refractivity contribution in [1.29, 1.82) is 0 Å². The highest BCUT2D eigenvalue weighted by Crippen LogP contribution is 2.14. The van der Waals surface area contributed by atoms with E-state index >= 15 is 0 Å². The number of rotatable bonds is 8. The molecule has 2 nitrogen and oxygen atoms in total. The van der Waals surface area contributed by atoms with Gasteiger partial charge in [-0.05, 0) is 49.8 Å². The van der Waals surface area contributed by atoms with E-state index in [0.717, 1.165) is 25.8 Å². The van der Waals surface area contributed by atoms with Crippen molar-refractivity contribution < 1.29 is 5.11 Å². The van der Waals surface area contributed by atoms with Crippen LogP contribution >= 0.6 is 0 Å². The lowest BCUT2D eigenvalue weighted by molar-refractivity contribution is 0.227. The Hall–Kier alpha value is -0.860. The van der Waals surface area contributed by atoms with Crippen molar-refractivity contribution in [2.45, 2.75) is 46.1 Å². The fraction of sp³-hybridized carbons (Fsp3) is 0.625. The third-order valence-electron chi connectivity index (χ3n) is 3.52. The minimum Gasteiger partial charge on any atom is -0.396 e. The zero-order valence-corrected chi connectivity index (χ0v) is 11.9.